The van der Waals surface area contributed by atoms with Crippen molar-refractivity contribution in [2.75, 3.05) is 13.1 Å². The van der Waals surface area contributed by atoms with Crippen molar-refractivity contribution in [2.24, 2.45) is 11.3 Å². The molecule has 0 unspecified atom stereocenters. The molecule has 2 rings (SSSR count). The Hall–Kier alpha value is -1.17. The molecule has 1 saturated carbocycles. The van der Waals surface area contributed by atoms with Crippen LogP contribution >= 0.6 is 0 Å². The number of amides is 1. The van der Waals surface area contributed by atoms with Crippen molar-refractivity contribution >= 4 is 6.09 Å². The van der Waals surface area contributed by atoms with E-state index in [1.54, 1.807) is 4.90 Å². The highest BCUT2D eigenvalue weighted by atomic mass is 16.6. The van der Waals surface area contributed by atoms with Crippen LogP contribution in [0.5, 0.6) is 0 Å². The largest absolute Gasteiger partial charge is 0.444 e. The third-order valence-corrected chi connectivity index (χ3v) is 3.57. The van der Waals surface area contributed by atoms with Crippen LogP contribution in [0.25, 0.3) is 0 Å². The molecule has 0 aromatic carbocycles. The highest BCUT2D eigenvalue weighted by molar-refractivity contribution is 5.69. The van der Waals surface area contributed by atoms with Gasteiger partial charge in [-0.1, -0.05) is 5.92 Å². The number of nitrogens with zero attached hydrogens (tertiary/aromatic N) is 1. The Morgan fingerprint density at radius 1 is 1.56 bits per heavy atom. The Morgan fingerprint density at radius 2 is 2.25 bits per heavy atom. The van der Waals surface area contributed by atoms with E-state index in [0.29, 0.717) is 12.5 Å². The van der Waals surface area contributed by atoms with Crippen LogP contribution in [-0.2, 0) is 4.74 Å². The number of carbonyl (C=O) groups is 1. The number of hydrogen-bond acceptors (Lipinski definition) is 2. The molecule has 1 aliphatic carbocycles. The summed E-state index contributed by atoms with van der Waals surface area (Å²) >= 11 is 0. The zero-order chi connectivity index (χ0) is 12.0. The molecule has 2 fully saturated rings. The molecule has 2 aliphatic rings. The molecular weight excluding hydrogens is 202 g/mol. The Bertz CT molecular complexity index is 350. The fourth-order valence-corrected chi connectivity index (χ4v) is 2.54. The lowest BCUT2D eigenvalue weighted by Crippen LogP contribution is -2.38. The molecule has 2 atom stereocenters. The molecule has 16 heavy (non-hydrogen) atoms. The predicted octanol–water partition coefficient (Wildman–Crippen LogP) is 2.27. The lowest BCUT2D eigenvalue weighted by molar-refractivity contribution is 0.0283. The topological polar surface area (TPSA) is 29.5 Å². The minimum Gasteiger partial charge on any atom is -0.444 e. The number of fused-ring (bicyclic) bond motifs is 1. The summed E-state index contributed by atoms with van der Waals surface area (Å²) in [6.07, 6.45) is 7.54. The van der Waals surface area contributed by atoms with Gasteiger partial charge in [0.1, 0.15) is 5.60 Å². The second-order valence-electron chi connectivity index (χ2n) is 5.90. The molecule has 0 bridgehead atoms. The first kappa shape index (κ1) is 11.3. The molecule has 0 spiro atoms. The SMILES string of the molecule is C#C[C@]12CC[C@H]1CN(C(=O)OC(C)(C)C)C2. The predicted molar refractivity (Wildman–Crippen MR) is 61.8 cm³/mol. The summed E-state index contributed by atoms with van der Waals surface area (Å²) in [4.78, 5) is 13.6. The van der Waals surface area contributed by atoms with Crippen LogP contribution in [0.3, 0.4) is 0 Å². The first-order chi connectivity index (χ1) is 7.36. The van der Waals surface area contributed by atoms with Gasteiger partial charge in [0.15, 0.2) is 0 Å². The van der Waals surface area contributed by atoms with Crippen LogP contribution in [-0.4, -0.2) is 29.7 Å². The molecule has 0 N–H and O–H groups in total. The maximum Gasteiger partial charge on any atom is 0.410 e. The van der Waals surface area contributed by atoms with Crippen LogP contribution < -0.4 is 0 Å². The van der Waals surface area contributed by atoms with E-state index in [2.05, 4.69) is 5.92 Å². The number of hydrogen-bond donors (Lipinski definition) is 0. The van der Waals surface area contributed by atoms with E-state index in [1.807, 2.05) is 20.8 Å². The fourth-order valence-electron chi connectivity index (χ4n) is 2.54. The van der Waals surface area contributed by atoms with Gasteiger partial charge >= 0.3 is 6.09 Å². The number of likely N-dealkylation sites (tertiary alicyclic amines) is 1. The second kappa shape index (κ2) is 3.41. The normalized spacial score (nSPS) is 32.6. The van der Waals surface area contributed by atoms with Crippen molar-refractivity contribution in [3.8, 4) is 12.3 Å². The Morgan fingerprint density at radius 3 is 2.62 bits per heavy atom. The molecule has 88 valence electrons. The van der Waals surface area contributed by atoms with Crippen LogP contribution in [0.1, 0.15) is 33.6 Å². The fraction of sp³-hybridized carbons (Fsp3) is 0.769. The van der Waals surface area contributed by atoms with Crippen molar-refractivity contribution in [3.05, 3.63) is 0 Å². The van der Waals surface area contributed by atoms with Gasteiger partial charge < -0.3 is 9.64 Å². The summed E-state index contributed by atoms with van der Waals surface area (Å²) in [5.41, 5.74) is -0.473. The van der Waals surface area contributed by atoms with E-state index in [0.717, 1.165) is 19.4 Å². The number of ether oxygens (including phenoxy) is 1. The maximum atomic E-state index is 11.9. The lowest BCUT2D eigenvalue weighted by Gasteiger charge is -2.38. The number of rotatable bonds is 0. The number of carbonyl (C=O) groups excluding carboxylic acids is 1. The van der Waals surface area contributed by atoms with Crippen LogP contribution in [0, 0.1) is 23.7 Å². The molecule has 1 heterocycles. The standard InChI is InChI=1S/C13H19NO2/c1-5-13-7-6-10(13)8-14(9-13)11(15)16-12(2,3)4/h1,10H,6-9H2,2-4H3/t10-,13+/m0/s1. The third kappa shape index (κ3) is 1.77. The van der Waals surface area contributed by atoms with Gasteiger partial charge in [0, 0.05) is 13.1 Å². The van der Waals surface area contributed by atoms with Crippen LogP contribution in [0.4, 0.5) is 4.79 Å². The highest BCUT2D eigenvalue weighted by Crippen LogP contribution is 2.51. The summed E-state index contributed by atoms with van der Waals surface area (Å²) in [6, 6.07) is 0. The lowest BCUT2D eigenvalue weighted by atomic mass is 9.63. The van der Waals surface area contributed by atoms with Gasteiger partial charge in [0.05, 0.1) is 5.41 Å². The quantitative estimate of drug-likeness (QED) is 0.587. The van der Waals surface area contributed by atoms with Gasteiger partial charge in [-0.2, -0.15) is 0 Å². The second-order valence-corrected chi connectivity index (χ2v) is 5.90. The Labute approximate surface area is 97.1 Å². The maximum absolute atomic E-state index is 11.9. The zero-order valence-corrected chi connectivity index (χ0v) is 10.2. The molecule has 1 aliphatic heterocycles. The van der Waals surface area contributed by atoms with Gasteiger partial charge in [-0.25, -0.2) is 4.79 Å². The molecule has 3 heteroatoms. The first-order valence-electron chi connectivity index (χ1n) is 5.82. The monoisotopic (exact) mass is 221 g/mol. The van der Waals surface area contributed by atoms with Gasteiger partial charge in [-0.3, -0.25) is 0 Å². The van der Waals surface area contributed by atoms with Gasteiger partial charge in [-0.15, -0.1) is 6.42 Å². The minimum absolute atomic E-state index is 0.0447. The molecular formula is C13H19NO2. The van der Waals surface area contributed by atoms with E-state index in [4.69, 9.17) is 11.2 Å². The molecule has 0 aromatic rings. The van der Waals surface area contributed by atoms with Crippen molar-refractivity contribution < 1.29 is 9.53 Å². The average Bonchev–Trinajstić information content (AvgIpc) is 2.37. The van der Waals surface area contributed by atoms with E-state index in [9.17, 15) is 4.79 Å². The highest BCUT2D eigenvalue weighted by Gasteiger charge is 2.53. The zero-order valence-electron chi connectivity index (χ0n) is 10.2. The summed E-state index contributed by atoms with van der Waals surface area (Å²) < 4.78 is 5.35. The smallest absolute Gasteiger partial charge is 0.410 e. The Kier molecular flexibility index (Phi) is 2.41. The summed E-state index contributed by atoms with van der Waals surface area (Å²) in [6.45, 7) is 7.08. The first-order valence-corrected chi connectivity index (χ1v) is 5.82. The number of terminal acetylenes is 1. The molecule has 1 amide bonds. The molecule has 1 saturated heterocycles. The van der Waals surface area contributed by atoms with E-state index >= 15 is 0 Å². The van der Waals surface area contributed by atoms with Crippen LogP contribution in [0.2, 0.25) is 0 Å². The van der Waals surface area contributed by atoms with Crippen molar-refractivity contribution in [1.29, 1.82) is 0 Å². The molecule has 0 radical (unpaired) electrons. The van der Waals surface area contributed by atoms with E-state index in [1.165, 1.54) is 0 Å². The van der Waals surface area contributed by atoms with Crippen molar-refractivity contribution in [3.63, 3.8) is 0 Å². The van der Waals surface area contributed by atoms with Crippen molar-refractivity contribution in [2.45, 2.75) is 39.2 Å². The minimum atomic E-state index is -0.429. The average molecular weight is 221 g/mol. The molecule has 0 aromatic heterocycles. The third-order valence-electron chi connectivity index (χ3n) is 3.57. The Balaban J connectivity index is 1.99. The van der Waals surface area contributed by atoms with Crippen molar-refractivity contribution in [1.82, 2.24) is 4.90 Å². The summed E-state index contributed by atoms with van der Waals surface area (Å²) in [5, 5.41) is 0. The van der Waals surface area contributed by atoms with E-state index in [-0.39, 0.29) is 11.5 Å². The molecule has 3 nitrogen and oxygen atoms in total. The van der Waals surface area contributed by atoms with Crippen LogP contribution in [0.15, 0.2) is 0 Å². The van der Waals surface area contributed by atoms with Gasteiger partial charge in [-0.05, 0) is 39.5 Å². The van der Waals surface area contributed by atoms with Gasteiger partial charge in [0.2, 0.25) is 0 Å². The van der Waals surface area contributed by atoms with E-state index < -0.39 is 5.60 Å². The van der Waals surface area contributed by atoms with Gasteiger partial charge in [0.25, 0.3) is 0 Å². The summed E-state index contributed by atoms with van der Waals surface area (Å²) in [5.74, 6) is 3.37. The summed E-state index contributed by atoms with van der Waals surface area (Å²) in [7, 11) is 0.